The van der Waals surface area contributed by atoms with Gasteiger partial charge in [-0.25, -0.2) is 4.98 Å². The molecule has 0 amide bonds. The van der Waals surface area contributed by atoms with Crippen LogP contribution in [0, 0.1) is 0 Å². The molecule has 0 unspecified atom stereocenters. The van der Waals surface area contributed by atoms with Crippen molar-refractivity contribution in [1.82, 2.24) is 19.8 Å². The third-order valence-corrected chi connectivity index (χ3v) is 5.18. The first kappa shape index (κ1) is 21.6. The number of aromatic nitrogens is 2. The molecule has 7 heteroatoms. The summed E-state index contributed by atoms with van der Waals surface area (Å²) in [5, 5.41) is 3.42. The summed E-state index contributed by atoms with van der Waals surface area (Å²) in [5.41, 5.74) is 3.42. The minimum Gasteiger partial charge on any atom is -0.349 e. The smallest absolute Gasteiger partial charge is 0.194 e. The van der Waals surface area contributed by atoms with E-state index in [0.29, 0.717) is 6.54 Å². The first-order valence-electron chi connectivity index (χ1n) is 8.57. The fourth-order valence-electron chi connectivity index (χ4n) is 2.98. The van der Waals surface area contributed by atoms with Gasteiger partial charge in [0.05, 0.1) is 17.6 Å². The van der Waals surface area contributed by atoms with Gasteiger partial charge in [0.1, 0.15) is 5.82 Å². The first-order valence-corrected chi connectivity index (χ1v) is 9.80. The summed E-state index contributed by atoms with van der Waals surface area (Å²) < 4.78 is 2.12. The van der Waals surface area contributed by atoms with Crippen LogP contribution in [0.3, 0.4) is 0 Å². The second kappa shape index (κ2) is 9.98. The van der Waals surface area contributed by atoms with Crippen LogP contribution in [-0.4, -0.2) is 40.8 Å². The van der Waals surface area contributed by atoms with Gasteiger partial charge >= 0.3 is 0 Å². The van der Waals surface area contributed by atoms with Crippen LogP contribution in [0.1, 0.15) is 11.4 Å². The maximum Gasteiger partial charge on any atom is 0.194 e. The summed E-state index contributed by atoms with van der Waals surface area (Å²) in [4.78, 5) is 12.5. The number of thioether (sulfide) groups is 1. The van der Waals surface area contributed by atoms with Crippen molar-refractivity contribution in [3.63, 3.8) is 0 Å². The van der Waals surface area contributed by atoms with Crippen LogP contribution in [-0.2, 0) is 20.1 Å². The SMILES string of the molecule is CN=C(NCc1nc2ccccc2n1C)N(C)Cc1ccc(SC)cc1.I. The zero-order chi connectivity index (χ0) is 18.5. The van der Waals surface area contributed by atoms with Crippen LogP contribution in [0.25, 0.3) is 11.0 Å². The molecular weight excluding hydrogens is 469 g/mol. The molecule has 0 bridgehead atoms. The number of rotatable bonds is 5. The van der Waals surface area contributed by atoms with Crippen LogP contribution >= 0.6 is 35.7 Å². The van der Waals surface area contributed by atoms with E-state index in [9.17, 15) is 0 Å². The number of hydrogen-bond acceptors (Lipinski definition) is 3. The zero-order valence-corrected chi connectivity index (χ0v) is 19.3. The predicted molar refractivity (Wildman–Crippen MR) is 126 cm³/mol. The van der Waals surface area contributed by atoms with Crippen molar-refractivity contribution in [3.8, 4) is 0 Å². The van der Waals surface area contributed by atoms with E-state index in [2.05, 4.69) is 56.4 Å². The Morgan fingerprint density at radius 2 is 1.89 bits per heavy atom. The minimum absolute atomic E-state index is 0. The van der Waals surface area contributed by atoms with Gasteiger partial charge in [-0.3, -0.25) is 4.99 Å². The average molecular weight is 495 g/mol. The maximum absolute atomic E-state index is 4.71. The number of benzene rings is 2. The minimum atomic E-state index is 0. The Balaban J connectivity index is 0.00000261. The number of nitrogens with one attached hydrogen (secondary N) is 1. The van der Waals surface area contributed by atoms with E-state index in [0.717, 1.165) is 29.4 Å². The number of fused-ring (bicyclic) bond motifs is 1. The van der Waals surface area contributed by atoms with E-state index < -0.39 is 0 Å². The summed E-state index contributed by atoms with van der Waals surface area (Å²) in [6.45, 7) is 1.44. The highest BCUT2D eigenvalue weighted by Gasteiger charge is 2.10. The van der Waals surface area contributed by atoms with Crippen LogP contribution in [0.15, 0.2) is 58.4 Å². The van der Waals surface area contributed by atoms with E-state index in [1.54, 1.807) is 11.8 Å². The first-order chi connectivity index (χ1) is 12.6. The third-order valence-electron chi connectivity index (χ3n) is 4.44. The number of imidazole rings is 1. The average Bonchev–Trinajstić information content (AvgIpc) is 2.99. The molecule has 0 saturated heterocycles. The standard InChI is InChI=1S/C20H25N5S.HI/c1-21-20(24(2)14-15-9-11-16(26-4)12-10-15)22-13-19-23-17-7-5-6-8-18(17)25(19)3;/h5-12H,13-14H2,1-4H3,(H,21,22);1H. The monoisotopic (exact) mass is 495 g/mol. The number of aryl methyl sites for hydroxylation is 1. The molecule has 0 atom stereocenters. The van der Waals surface area contributed by atoms with Crippen LogP contribution in [0.4, 0.5) is 0 Å². The molecule has 0 fully saturated rings. The van der Waals surface area contributed by atoms with Crippen molar-refractivity contribution in [2.24, 2.45) is 12.0 Å². The lowest BCUT2D eigenvalue weighted by molar-refractivity contribution is 0.474. The molecule has 2 aromatic carbocycles. The molecule has 1 aromatic heterocycles. The van der Waals surface area contributed by atoms with Gasteiger partial charge in [0.25, 0.3) is 0 Å². The van der Waals surface area contributed by atoms with Crippen LogP contribution < -0.4 is 5.32 Å². The molecule has 144 valence electrons. The third kappa shape index (κ3) is 5.16. The van der Waals surface area contributed by atoms with Gasteiger partial charge in [0.2, 0.25) is 0 Å². The second-order valence-corrected chi connectivity index (χ2v) is 7.06. The summed E-state index contributed by atoms with van der Waals surface area (Å²) in [7, 11) is 5.91. The Morgan fingerprint density at radius 1 is 1.19 bits per heavy atom. The van der Waals surface area contributed by atoms with E-state index in [4.69, 9.17) is 4.98 Å². The molecule has 0 aliphatic rings. The highest BCUT2D eigenvalue weighted by molar-refractivity contribution is 14.0. The van der Waals surface area contributed by atoms with E-state index in [-0.39, 0.29) is 24.0 Å². The van der Waals surface area contributed by atoms with E-state index >= 15 is 0 Å². The predicted octanol–water partition coefficient (Wildman–Crippen LogP) is 4.12. The molecule has 1 N–H and O–H groups in total. The molecule has 0 aliphatic carbocycles. The van der Waals surface area contributed by atoms with Gasteiger partial charge in [-0.1, -0.05) is 24.3 Å². The largest absolute Gasteiger partial charge is 0.349 e. The highest BCUT2D eigenvalue weighted by Crippen LogP contribution is 2.16. The number of hydrogen-bond donors (Lipinski definition) is 1. The van der Waals surface area contributed by atoms with Crippen molar-refractivity contribution in [2.45, 2.75) is 18.0 Å². The molecule has 3 rings (SSSR count). The van der Waals surface area contributed by atoms with Gasteiger partial charge in [-0.2, -0.15) is 0 Å². The van der Waals surface area contributed by atoms with Gasteiger partial charge in [-0.15, -0.1) is 35.7 Å². The quantitative estimate of drug-likeness (QED) is 0.251. The summed E-state index contributed by atoms with van der Waals surface area (Å²) in [6, 6.07) is 16.8. The molecule has 0 radical (unpaired) electrons. The Hall–Kier alpha value is -1.74. The number of halogens is 1. The molecule has 5 nitrogen and oxygen atoms in total. The topological polar surface area (TPSA) is 45.5 Å². The molecule has 3 aromatic rings. The Bertz CT molecular complexity index is 904. The van der Waals surface area contributed by atoms with Crippen molar-refractivity contribution < 1.29 is 0 Å². The van der Waals surface area contributed by atoms with Crippen molar-refractivity contribution >= 4 is 52.7 Å². The van der Waals surface area contributed by atoms with Gasteiger partial charge < -0.3 is 14.8 Å². The molecular formula is C20H26IN5S. The van der Waals surface area contributed by atoms with Gasteiger partial charge in [-0.05, 0) is 36.1 Å². The summed E-state index contributed by atoms with van der Waals surface area (Å²) in [5.74, 6) is 1.84. The molecule has 0 spiro atoms. The highest BCUT2D eigenvalue weighted by atomic mass is 127. The lowest BCUT2D eigenvalue weighted by atomic mass is 10.2. The van der Waals surface area contributed by atoms with Gasteiger partial charge in [0, 0.05) is 32.6 Å². The van der Waals surface area contributed by atoms with E-state index in [1.165, 1.54) is 10.5 Å². The number of aliphatic imine (C=N–C) groups is 1. The van der Waals surface area contributed by atoms with Crippen molar-refractivity contribution in [3.05, 3.63) is 59.9 Å². The summed E-state index contributed by atoms with van der Waals surface area (Å²) >= 11 is 1.76. The fraction of sp³-hybridized carbons (Fsp3) is 0.300. The molecule has 0 aliphatic heterocycles. The Kier molecular flexibility index (Phi) is 7.97. The molecule has 27 heavy (non-hydrogen) atoms. The van der Waals surface area contributed by atoms with Crippen LogP contribution in [0.5, 0.6) is 0 Å². The number of nitrogens with zero attached hydrogens (tertiary/aromatic N) is 4. The Morgan fingerprint density at radius 3 is 2.52 bits per heavy atom. The van der Waals surface area contributed by atoms with Gasteiger partial charge in [0.15, 0.2) is 5.96 Å². The maximum atomic E-state index is 4.71. The summed E-state index contributed by atoms with van der Waals surface area (Å²) in [6.07, 6.45) is 2.09. The zero-order valence-electron chi connectivity index (χ0n) is 16.1. The number of guanidine groups is 1. The lowest BCUT2D eigenvalue weighted by Gasteiger charge is -2.22. The Labute approximate surface area is 182 Å². The second-order valence-electron chi connectivity index (χ2n) is 6.18. The van der Waals surface area contributed by atoms with E-state index in [1.807, 2.05) is 39.3 Å². The lowest BCUT2D eigenvalue weighted by Crippen LogP contribution is -2.38. The molecule has 0 saturated carbocycles. The van der Waals surface area contributed by atoms with Crippen molar-refractivity contribution in [1.29, 1.82) is 0 Å². The van der Waals surface area contributed by atoms with Crippen LogP contribution in [0.2, 0.25) is 0 Å². The van der Waals surface area contributed by atoms with Crippen molar-refractivity contribution in [2.75, 3.05) is 20.4 Å². The molecule has 1 heterocycles. The normalized spacial score (nSPS) is 11.3. The fourth-order valence-corrected chi connectivity index (χ4v) is 3.38. The number of para-hydroxylation sites is 2.